The minimum atomic E-state index is -0.684. The molecule has 8 heteroatoms. The van der Waals surface area contributed by atoms with E-state index in [0.717, 1.165) is 30.1 Å². The van der Waals surface area contributed by atoms with Crippen LogP contribution in [0.4, 0.5) is 8.78 Å². The number of H-pyrrole nitrogens is 1. The predicted molar refractivity (Wildman–Crippen MR) is 144 cm³/mol. The number of nitrogens with one attached hydrogen (secondary N) is 1. The number of aromatic nitrogens is 1. The number of carbonyl (C=O) groups is 1. The molecule has 3 heterocycles. The summed E-state index contributed by atoms with van der Waals surface area (Å²) >= 11 is 0. The average Bonchev–Trinajstić information content (AvgIpc) is 3.32. The predicted octanol–water partition coefficient (Wildman–Crippen LogP) is 4.22. The second-order valence-corrected chi connectivity index (χ2v) is 10.7. The molecule has 2 aromatic carbocycles. The quantitative estimate of drug-likeness (QED) is 0.423. The smallest absolute Gasteiger partial charge is 0.246 e. The monoisotopic (exact) mass is 523 g/mol. The number of β-amino-alcohol motifs (C(OH)–C–C–N with tert-alkyl or cyclic N) is 2. The van der Waals surface area contributed by atoms with Crippen LogP contribution in [-0.4, -0.2) is 75.8 Å². The van der Waals surface area contributed by atoms with Crippen LogP contribution in [0, 0.1) is 24.5 Å². The summed E-state index contributed by atoms with van der Waals surface area (Å²) in [5.74, 6) is -1.44. The Bertz CT molecular complexity index is 1300. The molecule has 2 aliphatic heterocycles. The van der Waals surface area contributed by atoms with Crippen LogP contribution in [0.25, 0.3) is 17.0 Å². The number of amides is 1. The van der Waals surface area contributed by atoms with Crippen LogP contribution >= 0.6 is 0 Å². The lowest BCUT2D eigenvalue weighted by molar-refractivity contribution is -0.128. The summed E-state index contributed by atoms with van der Waals surface area (Å²) < 4.78 is 26.7. The fourth-order valence-corrected chi connectivity index (χ4v) is 6.02. The molecule has 0 radical (unpaired) electrons. The minimum Gasteiger partial charge on any atom is -0.392 e. The molecule has 6 nitrogen and oxygen atoms in total. The highest BCUT2D eigenvalue weighted by Gasteiger charge is 2.33. The number of carbonyl (C=O) groups excluding carboxylic acids is 1. The third-order valence-corrected chi connectivity index (χ3v) is 8.17. The normalized spacial score (nSPS) is 22.4. The number of aliphatic hydroxyl groups excluding tert-OH is 2. The number of likely N-dealkylation sites (tertiary alicyclic amines) is 2. The Labute approximate surface area is 221 Å². The summed E-state index contributed by atoms with van der Waals surface area (Å²) in [5.41, 5.74) is 3.77. The standard InChI is InChI=1S/C30H35F2N3O3/c1-19-3-2-4-25-26(16-33-30(19)25)24-9-10-34(18-28(24)37)17-27(36)21-7-11-35(12-8-21)29(38)6-5-20-13-22(31)15-23(32)14-20/h2-6,13-16,21,24,27-28,33,36-37H,7-12,17-18H2,1H3/b6-5+/t24-,27+,28+/m0/s1. The SMILES string of the molecule is Cc1cccc2c([C@@H]3CCN(C[C@@H](O)C4CCN(C(=O)/C=C/c5cc(F)cc(F)c5)CC4)C[C@H]3O)c[nH]c12. The van der Waals surface area contributed by atoms with Crippen LogP contribution in [0.1, 0.15) is 41.9 Å². The molecule has 3 atom stereocenters. The molecule has 0 bridgehead atoms. The topological polar surface area (TPSA) is 79.8 Å². The number of aliphatic hydroxyl groups is 2. The van der Waals surface area contributed by atoms with Crippen molar-refractivity contribution >= 4 is 22.9 Å². The summed E-state index contributed by atoms with van der Waals surface area (Å²) in [7, 11) is 0. The van der Waals surface area contributed by atoms with Crippen molar-refractivity contribution in [3.63, 3.8) is 0 Å². The minimum absolute atomic E-state index is 0.0603. The first-order valence-electron chi connectivity index (χ1n) is 13.4. The molecule has 0 aliphatic carbocycles. The lowest BCUT2D eigenvalue weighted by Crippen LogP contribution is -2.48. The second kappa shape index (κ2) is 11.4. The first-order chi connectivity index (χ1) is 18.3. The van der Waals surface area contributed by atoms with Crippen LogP contribution in [-0.2, 0) is 4.79 Å². The van der Waals surface area contributed by atoms with Crippen molar-refractivity contribution in [3.8, 4) is 0 Å². The maximum Gasteiger partial charge on any atom is 0.246 e. The largest absolute Gasteiger partial charge is 0.392 e. The first-order valence-corrected chi connectivity index (χ1v) is 13.4. The number of halogens is 2. The van der Waals surface area contributed by atoms with Gasteiger partial charge >= 0.3 is 0 Å². The molecule has 1 aromatic heterocycles. The maximum atomic E-state index is 13.4. The van der Waals surface area contributed by atoms with Crippen molar-refractivity contribution in [1.82, 2.24) is 14.8 Å². The molecule has 3 aromatic rings. The number of fused-ring (bicyclic) bond motifs is 1. The summed E-state index contributed by atoms with van der Waals surface area (Å²) in [4.78, 5) is 19.8. The van der Waals surface area contributed by atoms with Gasteiger partial charge in [0, 0.05) is 61.3 Å². The van der Waals surface area contributed by atoms with Gasteiger partial charge < -0.3 is 20.1 Å². The molecule has 2 fully saturated rings. The zero-order valence-corrected chi connectivity index (χ0v) is 21.6. The molecular formula is C30H35F2N3O3. The molecule has 2 aliphatic rings. The fourth-order valence-electron chi connectivity index (χ4n) is 6.02. The molecule has 2 saturated heterocycles. The Morgan fingerprint density at radius 3 is 2.58 bits per heavy atom. The number of para-hydroxylation sites is 1. The Morgan fingerprint density at radius 2 is 1.87 bits per heavy atom. The van der Waals surface area contributed by atoms with E-state index in [1.807, 2.05) is 12.3 Å². The van der Waals surface area contributed by atoms with E-state index in [2.05, 4.69) is 28.9 Å². The van der Waals surface area contributed by atoms with Gasteiger partial charge in [0.25, 0.3) is 0 Å². The van der Waals surface area contributed by atoms with Gasteiger partial charge in [0.1, 0.15) is 11.6 Å². The summed E-state index contributed by atoms with van der Waals surface area (Å²) in [5, 5.41) is 23.1. The summed E-state index contributed by atoms with van der Waals surface area (Å²) in [6, 6.07) is 9.38. The Balaban J connectivity index is 1.10. The fraction of sp³-hybridized carbons (Fsp3) is 0.433. The summed E-state index contributed by atoms with van der Waals surface area (Å²) in [6.07, 6.45) is 5.94. The van der Waals surface area contributed by atoms with Gasteiger partial charge in [-0.1, -0.05) is 18.2 Å². The Kier molecular flexibility index (Phi) is 7.93. The van der Waals surface area contributed by atoms with Crippen LogP contribution in [0.2, 0.25) is 0 Å². The van der Waals surface area contributed by atoms with Crippen LogP contribution < -0.4 is 0 Å². The highest BCUT2D eigenvalue weighted by atomic mass is 19.1. The van der Waals surface area contributed by atoms with Crippen molar-refractivity contribution in [2.75, 3.05) is 32.7 Å². The molecule has 3 N–H and O–H groups in total. The third kappa shape index (κ3) is 5.82. The number of benzene rings is 2. The van der Waals surface area contributed by atoms with Crippen molar-refractivity contribution in [1.29, 1.82) is 0 Å². The molecule has 202 valence electrons. The molecule has 5 rings (SSSR count). The molecular weight excluding hydrogens is 488 g/mol. The van der Waals surface area contributed by atoms with Gasteiger partial charge in [0.15, 0.2) is 0 Å². The lowest BCUT2D eigenvalue weighted by Gasteiger charge is -2.39. The van der Waals surface area contributed by atoms with Crippen molar-refractivity contribution < 1.29 is 23.8 Å². The van der Waals surface area contributed by atoms with Gasteiger partial charge in [-0.2, -0.15) is 0 Å². The average molecular weight is 524 g/mol. The van der Waals surface area contributed by atoms with E-state index in [1.54, 1.807) is 4.90 Å². The van der Waals surface area contributed by atoms with Gasteiger partial charge in [-0.25, -0.2) is 8.78 Å². The highest BCUT2D eigenvalue weighted by molar-refractivity contribution is 5.91. The van der Waals surface area contributed by atoms with E-state index in [4.69, 9.17) is 0 Å². The van der Waals surface area contributed by atoms with Crippen molar-refractivity contribution in [3.05, 3.63) is 77.0 Å². The number of aromatic amines is 1. The first kappa shape index (κ1) is 26.5. The van der Waals surface area contributed by atoms with E-state index in [0.29, 0.717) is 44.6 Å². The van der Waals surface area contributed by atoms with E-state index < -0.39 is 23.8 Å². The number of rotatable bonds is 6. The van der Waals surface area contributed by atoms with Gasteiger partial charge in [-0.05, 0) is 73.5 Å². The van der Waals surface area contributed by atoms with E-state index in [-0.39, 0.29) is 17.7 Å². The second-order valence-electron chi connectivity index (χ2n) is 10.7. The molecule has 0 spiro atoms. The maximum absolute atomic E-state index is 13.4. The van der Waals surface area contributed by atoms with Crippen LogP contribution in [0.5, 0.6) is 0 Å². The lowest BCUT2D eigenvalue weighted by atomic mass is 9.85. The zero-order valence-electron chi connectivity index (χ0n) is 21.6. The third-order valence-electron chi connectivity index (χ3n) is 8.17. The van der Waals surface area contributed by atoms with Crippen molar-refractivity contribution in [2.45, 2.75) is 44.3 Å². The Morgan fingerprint density at radius 1 is 1.13 bits per heavy atom. The Hall–Kier alpha value is -3.07. The van der Waals surface area contributed by atoms with E-state index in [9.17, 15) is 23.8 Å². The van der Waals surface area contributed by atoms with Gasteiger partial charge in [0.2, 0.25) is 5.91 Å². The van der Waals surface area contributed by atoms with Gasteiger partial charge in [-0.15, -0.1) is 0 Å². The molecule has 0 unspecified atom stereocenters. The van der Waals surface area contributed by atoms with Gasteiger partial charge in [0.05, 0.1) is 12.2 Å². The number of hydrogen-bond donors (Lipinski definition) is 3. The molecule has 0 saturated carbocycles. The molecule has 1 amide bonds. The highest BCUT2D eigenvalue weighted by Crippen LogP contribution is 2.34. The zero-order chi connectivity index (χ0) is 26.8. The van der Waals surface area contributed by atoms with Crippen LogP contribution in [0.3, 0.4) is 0 Å². The summed E-state index contributed by atoms with van der Waals surface area (Å²) in [6.45, 7) is 4.94. The number of piperidine rings is 2. The van der Waals surface area contributed by atoms with E-state index in [1.165, 1.54) is 35.2 Å². The van der Waals surface area contributed by atoms with Crippen LogP contribution in [0.15, 0.2) is 48.7 Å². The molecule has 38 heavy (non-hydrogen) atoms. The number of aryl methyl sites for hydroxylation is 1. The van der Waals surface area contributed by atoms with Crippen molar-refractivity contribution in [2.24, 2.45) is 5.92 Å². The number of nitrogens with zero attached hydrogens (tertiary/aromatic N) is 2. The van der Waals surface area contributed by atoms with Gasteiger partial charge in [-0.3, -0.25) is 9.69 Å². The van der Waals surface area contributed by atoms with E-state index >= 15 is 0 Å². The number of hydrogen-bond acceptors (Lipinski definition) is 4.